The van der Waals surface area contributed by atoms with Crippen LogP contribution in [0.15, 0.2) is 34.9 Å². The fraction of sp³-hybridized carbons (Fsp3) is 0.154. The summed E-state index contributed by atoms with van der Waals surface area (Å²) in [5, 5.41) is 2.40. The predicted molar refractivity (Wildman–Crippen MR) is 61.1 cm³/mol. The Kier molecular flexibility index (Phi) is 3.89. The minimum atomic E-state index is -1.65. The van der Waals surface area contributed by atoms with Crippen LogP contribution in [0.2, 0.25) is 0 Å². The zero-order valence-electron chi connectivity index (χ0n) is 9.75. The number of carbonyl (C=O) groups excluding carboxylic acids is 1. The third kappa shape index (κ3) is 2.96. The van der Waals surface area contributed by atoms with Crippen LogP contribution in [0.4, 0.5) is 13.2 Å². The number of carbonyl (C=O) groups is 1. The summed E-state index contributed by atoms with van der Waals surface area (Å²) < 4.78 is 44.0. The number of hydrogen-bond donors (Lipinski definition) is 1. The first-order chi connectivity index (χ1) is 9.09. The Labute approximate surface area is 107 Å². The fourth-order valence-corrected chi connectivity index (χ4v) is 1.55. The van der Waals surface area contributed by atoms with Crippen LogP contribution in [0.3, 0.4) is 0 Å². The van der Waals surface area contributed by atoms with Gasteiger partial charge in [-0.05, 0) is 24.3 Å². The van der Waals surface area contributed by atoms with E-state index in [1.165, 1.54) is 6.26 Å². The second-order valence-electron chi connectivity index (χ2n) is 3.81. The third-order valence-corrected chi connectivity index (χ3v) is 2.52. The van der Waals surface area contributed by atoms with Gasteiger partial charge in [-0.2, -0.15) is 0 Å². The van der Waals surface area contributed by atoms with Crippen molar-refractivity contribution in [1.82, 2.24) is 5.32 Å². The number of nitrogens with one attached hydrogen (secondary N) is 1. The second kappa shape index (κ2) is 5.60. The molecule has 0 spiro atoms. The smallest absolute Gasteiger partial charge is 0.254 e. The van der Waals surface area contributed by atoms with Gasteiger partial charge >= 0.3 is 0 Å². The highest BCUT2D eigenvalue weighted by molar-refractivity contribution is 5.94. The highest BCUT2D eigenvalue weighted by atomic mass is 19.2. The molecular weight excluding hydrogens is 259 g/mol. The van der Waals surface area contributed by atoms with Crippen molar-refractivity contribution in [2.24, 2.45) is 0 Å². The summed E-state index contributed by atoms with van der Waals surface area (Å²) in [4.78, 5) is 11.6. The van der Waals surface area contributed by atoms with Gasteiger partial charge in [-0.15, -0.1) is 0 Å². The molecule has 3 nitrogen and oxygen atoms in total. The Morgan fingerprint density at radius 2 is 1.95 bits per heavy atom. The molecule has 1 aromatic heterocycles. The monoisotopic (exact) mass is 269 g/mol. The summed E-state index contributed by atoms with van der Waals surface area (Å²) in [5.74, 6) is -4.62. The second-order valence-corrected chi connectivity index (χ2v) is 3.81. The van der Waals surface area contributed by atoms with Gasteiger partial charge in [0.1, 0.15) is 5.76 Å². The van der Waals surface area contributed by atoms with Crippen molar-refractivity contribution in [3.8, 4) is 0 Å². The Hall–Kier alpha value is -2.24. The van der Waals surface area contributed by atoms with Crippen LogP contribution in [-0.2, 0) is 6.42 Å². The van der Waals surface area contributed by atoms with Crippen LogP contribution in [-0.4, -0.2) is 12.5 Å². The van der Waals surface area contributed by atoms with Crippen molar-refractivity contribution in [2.75, 3.05) is 6.54 Å². The van der Waals surface area contributed by atoms with Gasteiger partial charge in [0.25, 0.3) is 5.91 Å². The largest absolute Gasteiger partial charge is 0.469 e. The predicted octanol–water partition coefficient (Wildman–Crippen LogP) is 2.67. The average molecular weight is 269 g/mol. The van der Waals surface area contributed by atoms with Crippen molar-refractivity contribution in [1.29, 1.82) is 0 Å². The van der Waals surface area contributed by atoms with Crippen molar-refractivity contribution in [2.45, 2.75) is 6.42 Å². The van der Waals surface area contributed by atoms with Crippen molar-refractivity contribution in [3.63, 3.8) is 0 Å². The van der Waals surface area contributed by atoms with Crippen LogP contribution in [0, 0.1) is 17.5 Å². The van der Waals surface area contributed by atoms with Crippen LogP contribution >= 0.6 is 0 Å². The number of furan rings is 1. The van der Waals surface area contributed by atoms with E-state index in [1.54, 1.807) is 12.1 Å². The standard InChI is InChI=1S/C13H10F3NO2/c14-10-4-3-9(11(15)12(10)16)13(18)17-6-5-8-2-1-7-19-8/h1-4,7H,5-6H2,(H,17,18). The lowest BCUT2D eigenvalue weighted by Crippen LogP contribution is -2.27. The minimum Gasteiger partial charge on any atom is -0.469 e. The van der Waals surface area contributed by atoms with E-state index in [4.69, 9.17) is 4.42 Å². The maximum atomic E-state index is 13.3. The van der Waals surface area contributed by atoms with Gasteiger partial charge in [0, 0.05) is 13.0 Å². The minimum absolute atomic E-state index is 0.199. The third-order valence-electron chi connectivity index (χ3n) is 2.52. The van der Waals surface area contributed by atoms with E-state index in [-0.39, 0.29) is 6.54 Å². The molecule has 1 amide bonds. The van der Waals surface area contributed by atoms with Gasteiger partial charge in [-0.25, -0.2) is 13.2 Å². The summed E-state index contributed by atoms with van der Waals surface area (Å²) in [6, 6.07) is 5.03. The first kappa shape index (κ1) is 13.2. The Morgan fingerprint density at radius 1 is 1.16 bits per heavy atom. The lowest BCUT2D eigenvalue weighted by Gasteiger charge is -2.06. The van der Waals surface area contributed by atoms with Crippen molar-refractivity contribution < 1.29 is 22.4 Å². The molecule has 0 aliphatic carbocycles. The molecule has 0 radical (unpaired) electrons. The number of hydrogen-bond acceptors (Lipinski definition) is 2. The molecule has 0 aliphatic rings. The molecule has 0 saturated carbocycles. The summed E-state index contributed by atoms with van der Waals surface area (Å²) >= 11 is 0. The Morgan fingerprint density at radius 3 is 2.63 bits per heavy atom. The van der Waals surface area contributed by atoms with E-state index in [1.807, 2.05) is 0 Å². The summed E-state index contributed by atoms with van der Waals surface area (Å²) in [7, 11) is 0. The molecule has 0 atom stereocenters. The molecule has 19 heavy (non-hydrogen) atoms. The number of benzene rings is 1. The fourth-order valence-electron chi connectivity index (χ4n) is 1.55. The molecule has 1 N–H and O–H groups in total. The SMILES string of the molecule is O=C(NCCc1ccco1)c1ccc(F)c(F)c1F. The number of rotatable bonds is 4. The molecule has 0 saturated heterocycles. The molecule has 0 unspecified atom stereocenters. The lowest BCUT2D eigenvalue weighted by atomic mass is 10.2. The average Bonchev–Trinajstić information content (AvgIpc) is 2.89. The Balaban J connectivity index is 1.98. The number of halogens is 3. The highest BCUT2D eigenvalue weighted by Gasteiger charge is 2.18. The zero-order valence-corrected chi connectivity index (χ0v) is 9.75. The van der Waals surface area contributed by atoms with E-state index in [9.17, 15) is 18.0 Å². The van der Waals surface area contributed by atoms with Crippen molar-refractivity contribution >= 4 is 5.91 Å². The van der Waals surface area contributed by atoms with E-state index >= 15 is 0 Å². The molecular formula is C13H10F3NO2. The molecule has 0 fully saturated rings. The molecule has 1 aromatic carbocycles. The van der Waals surface area contributed by atoms with Gasteiger partial charge in [0.2, 0.25) is 0 Å². The van der Waals surface area contributed by atoms with Crippen molar-refractivity contribution in [3.05, 3.63) is 59.3 Å². The highest BCUT2D eigenvalue weighted by Crippen LogP contribution is 2.15. The van der Waals surface area contributed by atoms with Crippen LogP contribution in [0.25, 0.3) is 0 Å². The van der Waals surface area contributed by atoms with Crippen LogP contribution in [0.1, 0.15) is 16.1 Å². The van der Waals surface area contributed by atoms with Crippen LogP contribution < -0.4 is 5.32 Å². The van der Waals surface area contributed by atoms with Gasteiger partial charge < -0.3 is 9.73 Å². The summed E-state index contributed by atoms with van der Waals surface area (Å²) in [6.07, 6.45) is 1.91. The molecule has 6 heteroatoms. The molecule has 0 aliphatic heterocycles. The first-order valence-corrected chi connectivity index (χ1v) is 5.53. The van der Waals surface area contributed by atoms with E-state index in [2.05, 4.69) is 5.32 Å². The quantitative estimate of drug-likeness (QED) is 0.867. The maximum Gasteiger partial charge on any atom is 0.254 e. The van der Waals surface area contributed by atoms with E-state index in [0.717, 1.165) is 6.07 Å². The molecule has 100 valence electrons. The maximum absolute atomic E-state index is 13.3. The zero-order chi connectivity index (χ0) is 13.8. The van der Waals surface area contributed by atoms with Gasteiger partial charge in [-0.3, -0.25) is 4.79 Å². The molecule has 2 rings (SSSR count). The summed E-state index contributed by atoms with van der Waals surface area (Å²) in [6.45, 7) is 0.199. The Bertz CT molecular complexity index is 582. The van der Waals surface area contributed by atoms with E-state index in [0.29, 0.717) is 18.2 Å². The lowest BCUT2D eigenvalue weighted by molar-refractivity contribution is 0.0948. The van der Waals surface area contributed by atoms with Gasteiger partial charge in [-0.1, -0.05) is 0 Å². The number of amides is 1. The molecule has 0 bridgehead atoms. The topological polar surface area (TPSA) is 42.2 Å². The summed E-state index contributed by atoms with van der Waals surface area (Å²) in [5.41, 5.74) is -0.529. The first-order valence-electron chi connectivity index (χ1n) is 5.53. The van der Waals surface area contributed by atoms with E-state index < -0.39 is 28.9 Å². The molecule has 1 heterocycles. The normalized spacial score (nSPS) is 10.5. The van der Waals surface area contributed by atoms with Gasteiger partial charge in [0.15, 0.2) is 17.5 Å². The molecule has 2 aromatic rings. The van der Waals surface area contributed by atoms with Gasteiger partial charge in [0.05, 0.1) is 11.8 Å². The van der Waals surface area contributed by atoms with Crippen LogP contribution in [0.5, 0.6) is 0 Å².